The predicted octanol–water partition coefficient (Wildman–Crippen LogP) is 4.99. The van der Waals surface area contributed by atoms with Gasteiger partial charge in [0.2, 0.25) is 0 Å². The minimum absolute atomic E-state index is 0.273. The second kappa shape index (κ2) is 5.27. The summed E-state index contributed by atoms with van der Waals surface area (Å²) < 4.78 is 14.9. The zero-order valence-corrected chi connectivity index (χ0v) is 11.7. The van der Waals surface area contributed by atoms with E-state index in [0.29, 0.717) is 10.0 Å². The monoisotopic (exact) mass is 306 g/mol. The van der Waals surface area contributed by atoms with E-state index >= 15 is 0 Å². The zero-order chi connectivity index (χ0) is 14.1. The largest absolute Gasteiger partial charge is 0.299 e. The van der Waals surface area contributed by atoms with Gasteiger partial charge in [-0.1, -0.05) is 29.3 Å². The number of rotatable bonds is 2. The highest BCUT2D eigenvalue weighted by Crippen LogP contribution is 2.29. The summed E-state index contributed by atoms with van der Waals surface area (Å²) in [6, 6.07) is 11.6. The molecule has 3 rings (SSSR count). The van der Waals surface area contributed by atoms with E-state index in [0.717, 1.165) is 16.9 Å². The van der Waals surface area contributed by atoms with Crippen LogP contribution >= 0.6 is 23.2 Å². The minimum Gasteiger partial charge on any atom is -0.299 e. The molecule has 3 aromatic rings. The van der Waals surface area contributed by atoms with Crippen molar-refractivity contribution in [3.63, 3.8) is 0 Å². The Bertz CT molecular complexity index is 751. The van der Waals surface area contributed by atoms with E-state index in [-0.39, 0.29) is 5.82 Å². The van der Waals surface area contributed by atoms with Gasteiger partial charge in [0.25, 0.3) is 0 Å². The molecule has 1 heterocycles. The number of hydrogen-bond donors (Lipinski definition) is 0. The first-order valence-electron chi connectivity index (χ1n) is 5.89. The molecule has 0 spiro atoms. The number of benzene rings is 2. The molecule has 0 amide bonds. The van der Waals surface area contributed by atoms with Crippen LogP contribution in [0.15, 0.2) is 55.0 Å². The fourth-order valence-corrected chi connectivity index (χ4v) is 2.27. The molecule has 0 aliphatic carbocycles. The molecule has 0 N–H and O–H groups in total. The second-order valence-corrected chi connectivity index (χ2v) is 5.07. The molecule has 0 unspecified atom stereocenters. The second-order valence-electron chi connectivity index (χ2n) is 4.25. The van der Waals surface area contributed by atoms with Crippen molar-refractivity contribution in [3.8, 4) is 16.9 Å². The summed E-state index contributed by atoms with van der Waals surface area (Å²) in [6.07, 6.45) is 3.40. The number of halogens is 3. The quantitative estimate of drug-likeness (QED) is 0.652. The van der Waals surface area contributed by atoms with Crippen molar-refractivity contribution in [2.75, 3.05) is 0 Å². The number of hydrogen-bond acceptors (Lipinski definition) is 1. The van der Waals surface area contributed by atoms with E-state index in [2.05, 4.69) is 4.98 Å². The third-order valence-corrected chi connectivity index (χ3v) is 3.70. The Kier molecular flexibility index (Phi) is 3.47. The fourth-order valence-electron chi connectivity index (χ4n) is 1.97. The first kappa shape index (κ1) is 13.2. The Morgan fingerprint density at radius 3 is 2.40 bits per heavy atom. The highest BCUT2D eigenvalue weighted by Gasteiger charge is 2.09. The first-order valence-corrected chi connectivity index (χ1v) is 6.64. The molecule has 20 heavy (non-hydrogen) atoms. The van der Waals surface area contributed by atoms with Gasteiger partial charge in [0.15, 0.2) is 0 Å². The topological polar surface area (TPSA) is 17.8 Å². The molecule has 0 bridgehead atoms. The van der Waals surface area contributed by atoms with E-state index in [1.54, 1.807) is 36.8 Å². The normalized spacial score (nSPS) is 10.8. The molecule has 0 atom stereocenters. The lowest BCUT2D eigenvalue weighted by Gasteiger charge is -2.09. The molecule has 5 heteroatoms. The van der Waals surface area contributed by atoms with Crippen LogP contribution in [0, 0.1) is 5.82 Å². The van der Waals surface area contributed by atoms with E-state index in [1.165, 1.54) is 12.1 Å². The predicted molar refractivity (Wildman–Crippen MR) is 79.0 cm³/mol. The molecule has 0 fully saturated rings. The zero-order valence-electron chi connectivity index (χ0n) is 10.2. The summed E-state index contributed by atoms with van der Waals surface area (Å²) in [7, 11) is 0. The molecular formula is C15H9Cl2FN2. The maximum absolute atomic E-state index is 13.0. The molecule has 2 nitrogen and oxygen atoms in total. The molecule has 100 valence electrons. The molecule has 0 saturated carbocycles. The van der Waals surface area contributed by atoms with Gasteiger partial charge in [-0.05, 0) is 36.4 Å². The van der Waals surface area contributed by atoms with Gasteiger partial charge in [-0.3, -0.25) is 4.57 Å². The third-order valence-electron chi connectivity index (χ3n) is 2.96. The van der Waals surface area contributed by atoms with Crippen molar-refractivity contribution in [1.29, 1.82) is 0 Å². The van der Waals surface area contributed by atoms with Gasteiger partial charge in [-0.25, -0.2) is 9.37 Å². The first-order chi connectivity index (χ1) is 9.65. The van der Waals surface area contributed by atoms with Gasteiger partial charge < -0.3 is 0 Å². The molecule has 0 aliphatic rings. The van der Waals surface area contributed by atoms with Crippen LogP contribution < -0.4 is 0 Å². The van der Waals surface area contributed by atoms with Crippen LogP contribution in [-0.2, 0) is 0 Å². The van der Waals surface area contributed by atoms with E-state index < -0.39 is 0 Å². The van der Waals surface area contributed by atoms with Gasteiger partial charge in [-0.2, -0.15) is 0 Å². The lowest BCUT2D eigenvalue weighted by atomic mass is 10.1. The Morgan fingerprint density at radius 2 is 1.70 bits per heavy atom. The Labute approximate surface area is 125 Å². The molecule has 1 aromatic heterocycles. The van der Waals surface area contributed by atoms with Crippen LogP contribution in [-0.4, -0.2) is 9.55 Å². The van der Waals surface area contributed by atoms with E-state index in [9.17, 15) is 4.39 Å². The van der Waals surface area contributed by atoms with Crippen molar-refractivity contribution < 1.29 is 4.39 Å². The van der Waals surface area contributed by atoms with Crippen LogP contribution in [0.25, 0.3) is 16.9 Å². The molecule has 0 aliphatic heterocycles. The van der Waals surface area contributed by atoms with Crippen molar-refractivity contribution in [2.24, 2.45) is 0 Å². The van der Waals surface area contributed by atoms with Crippen LogP contribution in [0.3, 0.4) is 0 Å². The summed E-state index contributed by atoms with van der Waals surface area (Å²) in [5.74, 6) is -0.273. The van der Waals surface area contributed by atoms with Crippen molar-refractivity contribution >= 4 is 23.2 Å². The maximum Gasteiger partial charge on any atom is 0.123 e. The van der Waals surface area contributed by atoms with Crippen LogP contribution in [0.1, 0.15) is 0 Å². The van der Waals surface area contributed by atoms with Gasteiger partial charge in [0.1, 0.15) is 5.82 Å². The SMILES string of the molecule is Fc1ccc(-n2cncc2-c2ccc(Cl)c(Cl)c2)cc1. The van der Waals surface area contributed by atoms with Crippen molar-refractivity contribution in [2.45, 2.75) is 0 Å². The van der Waals surface area contributed by atoms with Crippen LogP contribution in [0.4, 0.5) is 4.39 Å². The van der Waals surface area contributed by atoms with Crippen LogP contribution in [0.2, 0.25) is 10.0 Å². The summed E-state index contributed by atoms with van der Waals surface area (Å²) in [6.45, 7) is 0. The summed E-state index contributed by atoms with van der Waals surface area (Å²) in [4.78, 5) is 4.14. The van der Waals surface area contributed by atoms with Crippen molar-refractivity contribution in [3.05, 3.63) is 70.9 Å². The fraction of sp³-hybridized carbons (Fsp3) is 0. The van der Waals surface area contributed by atoms with Gasteiger partial charge in [-0.15, -0.1) is 0 Å². The lowest BCUT2D eigenvalue weighted by molar-refractivity contribution is 0.627. The molecule has 2 aromatic carbocycles. The Balaban J connectivity index is 2.10. The highest BCUT2D eigenvalue weighted by molar-refractivity contribution is 6.42. The maximum atomic E-state index is 13.0. The molecule has 0 radical (unpaired) electrons. The number of aromatic nitrogens is 2. The Morgan fingerprint density at radius 1 is 0.950 bits per heavy atom. The average Bonchev–Trinajstić information content (AvgIpc) is 2.92. The smallest absolute Gasteiger partial charge is 0.123 e. The van der Waals surface area contributed by atoms with Crippen molar-refractivity contribution in [1.82, 2.24) is 9.55 Å². The van der Waals surface area contributed by atoms with Gasteiger partial charge >= 0.3 is 0 Å². The third kappa shape index (κ3) is 2.42. The molecular weight excluding hydrogens is 298 g/mol. The summed E-state index contributed by atoms with van der Waals surface area (Å²) in [5, 5.41) is 0.985. The van der Waals surface area contributed by atoms with Gasteiger partial charge in [0, 0.05) is 11.3 Å². The Hall–Kier alpha value is -1.84. The number of imidazole rings is 1. The summed E-state index contributed by atoms with van der Waals surface area (Å²) >= 11 is 12.0. The van der Waals surface area contributed by atoms with Crippen LogP contribution in [0.5, 0.6) is 0 Å². The van der Waals surface area contributed by atoms with E-state index in [1.807, 2.05) is 10.6 Å². The molecule has 0 saturated heterocycles. The lowest BCUT2D eigenvalue weighted by Crippen LogP contribution is -1.95. The summed E-state index contributed by atoms with van der Waals surface area (Å²) in [5.41, 5.74) is 2.57. The average molecular weight is 307 g/mol. The van der Waals surface area contributed by atoms with Gasteiger partial charge in [0.05, 0.1) is 28.3 Å². The highest BCUT2D eigenvalue weighted by atomic mass is 35.5. The minimum atomic E-state index is -0.273. The number of nitrogens with zero attached hydrogens (tertiary/aromatic N) is 2. The van der Waals surface area contributed by atoms with E-state index in [4.69, 9.17) is 23.2 Å². The standard InChI is InChI=1S/C15H9Cl2FN2/c16-13-6-1-10(7-14(13)17)15-8-19-9-20(15)12-4-2-11(18)3-5-12/h1-9H.